The molecule has 0 aliphatic heterocycles. The molecule has 0 radical (unpaired) electrons. The monoisotopic (exact) mass is 306 g/mol. The van der Waals surface area contributed by atoms with E-state index in [0.29, 0.717) is 12.4 Å². The smallest absolute Gasteiger partial charge is 0.151 e. The third-order valence-electron chi connectivity index (χ3n) is 2.12. The number of sulfone groups is 1. The lowest BCUT2D eigenvalue weighted by atomic mass is 10.3. The van der Waals surface area contributed by atoms with Crippen molar-refractivity contribution in [1.29, 1.82) is 0 Å². The van der Waals surface area contributed by atoms with E-state index < -0.39 is 9.84 Å². The lowest BCUT2D eigenvalue weighted by molar-refractivity contribution is 0.597. The minimum Gasteiger partial charge on any atom is -0.368 e. The molecule has 0 aliphatic carbocycles. The molecule has 0 saturated heterocycles. The van der Waals surface area contributed by atoms with Crippen molar-refractivity contribution in [3.8, 4) is 0 Å². The summed E-state index contributed by atoms with van der Waals surface area (Å²) < 4.78 is 23.4. The minimum absolute atomic E-state index is 0.130. The highest BCUT2D eigenvalue weighted by Gasteiger charge is 2.07. The number of hydrogen-bond donors (Lipinski definition) is 1. The molecule has 6 heteroatoms. The Morgan fingerprint density at radius 1 is 1.50 bits per heavy atom. The summed E-state index contributed by atoms with van der Waals surface area (Å²) in [5, 5.41) is 2.99. The van der Waals surface area contributed by atoms with Crippen LogP contribution in [0.4, 0.5) is 5.82 Å². The predicted molar refractivity (Wildman–Crippen MR) is 69.5 cm³/mol. The van der Waals surface area contributed by atoms with Crippen LogP contribution in [-0.2, 0) is 9.84 Å². The van der Waals surface area contributed by atoms with E-state index in [1.807, 2.05) is 13.0 Å². The average molecular weight is 307 g/mol. The Balaban J connectivity index is 2.56. The average Bonchev–Trinajstić information content (AvgIpc) is 2.21. The Morgan fingerprint density at radius 3 is 2.75 bits per heavy atom. The van der Waals surface area contributed by atoms with Crippen LogP contribution >= 0.6 is 15.9 Å². The van der Waals surface area contributed by atoms with Gasteiger partial charge in [-0.1, -0.05) is 6.92 Å². The standard InChI is InChI=1S/C10H15BrN2O2S/c1-3-16(14,15)5-4-12-10-9(11)6-8(2)7-13-10/h6-7H,3-5H2,1-2H3,(H,12,13). The third-order valence-corrected chi connectivity index (χ3v) is 4.43. The van der Waals surface area contributed by atoms with Gasteiger partial charge in [-0.2, -0.15) is 0 Å². The van der Waals surface area contributed by atoms with Crippen LogP contribution in [0.3, 0.4) is 0 Å². The van der Waals surface area contributed by atoms with Crippen LogP contribution in [0.1, 0.15) is 12.5 Å². The SMILES string of the molecule is CCS(=O)(=O)CCNc1ncc(C)cc1Br. The summed E-state index contributed by atoms with van der Waals surface area (Å²) in [5.74, 6) is 0.986. The normalized spacial score (nSPS) is 11.4. The van der Waals surface area contributed by atoms with E-state index in [9.17, 15) is 8.42 Å². The first-order valence-electron chi connectivity index (χ1n) is 5.01. The van der Waals surface area contributed by atoms with Crippen LogP contribution in [0.5, 0.6) is 0 Å². The van der Waals surface area contributed by atoms with Crippen molar-refractivity contribution < 1.29 is 8.42 Å². The second-order valence-corrected chi connectivity index (χ2v) is 6.83. The summed E-state index contributed by atoms with van der Waals surface area (Å²) in [5.41, 5.74) is 1.05. The van der Waals surface area contributed by atoms with E-state index in [0.717, 1.165) is 10.0 Å². The van der Waals surface area contributed by atoms with Gasteiger partial charge in [0, 0.05) is 18.5 Å². The Kier molecular flexibility index (Phi) is 4.73. The van der Waals surface area contributed by atoms with Gasteiger partial charge in [0.25, 0.3) is 0 Å². The molecule has 1 rings (SSSR count). The van der Waals surface area contributed by atoms with Gasteiger partial charge in [-0.15, -0.1) is 0 Å². The Morgan fingerprint density at radius 2 is 2.19 bits per heavy atom. The van der Waals surface area contributed by atoms with Crippen LogP contribution in [-0.4, -0.2) is 31.5 Å². The Labute approximate surface area is 105 Å². The molecular formula is C10H15BrN2O2S. The van der Waals surface area contributed by atoms with Crippen LogP contribution in [0.25, 0.3) is 0 Å². The molecule has 1 aromatic heterocycles. The number of rotatable bonds is 5. The first-order chi connectivity index (χ1) is 7.44. The molecule has 4 nitrogen and oxygen atoms in total. The molecule has 1 aromatic rings. The molecule has 0 amide bonds. The largest absolute Gasteiger partial charge is 0.368 e. The number of hydrogen-bond acceptors (Lipinski definition) is 4. The fraction of sp³-hybridized carbons (Fsp3) is 0.500. The van der Waals surface area contributed by atoms with E-state index in [4.69, 9.17) is 0 Å². The molecule has 0 aromatic carbocycles. The number of aryl methyl sites for hydroxylation is 1. The molecule has 0 spiro atoms. The van der Waals surface area contributed by atoms with E-state index in [1.165, 1.54) is 0 Å². The van der Waals surface area contributed by atoms with Crippen molar-refractivity contribution in [2.45, 2.75) is 13.8 Å². The van der Waals surface area contributed by atoms with Gasteiger partial charge in [-0.25, -0.2) is 13.4 Å². The van der Waals surface area contributed by atoms with E-state index >= 15 is 0 Å². The van der Waals surface area contributed by atoms with Crippen LogP contribution in [0.2, 0.25) is 0 Å². The number of anilines is 1. The van der Waals surface area contributed by atoms with Gasteiger partial charge in [0.05, 0.1) is 10.2 Å². The highest BCUT2D eigenvalue weighted by molar-refractivity contribution is 9.10. The van der Waals surface area contributed by atoms with Crippen molar-refractivity contribution in [3.05, 3.63) is 22.3 Å². The zero-order chi connectivity index (χ0) is 12.2. The topological polar surface area (TPSA) is 59.1 Å². The molecule has 0 atom stereocenters. The highest BCUT2D eigenvalue weighted by atomic mass is 79.9. The van der Waals surface area contributed by atoms with Gasteiger partial charge in [0.2, 0.25) is 0 Å². The second-order valence-electron chi connectivity index (χ2n) is 3.51. The summed E-state index contributed by atoms with van der Waals surface area (Å²) in [7, 11) is -2.92. The summed E-state index contributed by atoms with van der Waals surface area (Å²) in [6.07, 6.45) is 1.74. The molecule has 90 valence electrons. The Bertz CT molecular complexity index is 460. The highest BCUT2D eigenvalue weighted by Crippen LogP contribution is 2.20. The van der Waals surface area contributed by atoms with Crippen molar-refractivity contribution >= 4 is 31.6 Å². The molecule has 0 saturated carbocycles. The first kappa shape index (κ1) is 13.4. The summed E-state index contributed by atoms with van der Waals surface area (Å²) >= 11 is 3.37. The van der Waals surface area contributed by atoms with E-state index in [1.54, 1.807) is 13.1 Å². The summed E-state index contributed by atoms with van der Waals surface area (Å²) in [4.78, 5) is 4.17. The van der Waals surface area contributed by atoms with Crippen LogP contribution in [0.15, 0.2) is 16.7 Å². The minimum atomic E-state index is -2.92. The lowest BCUT2D eigenvalue weighted by Gasteiger charge is -2.07. The Hall–Kier alpha value is -0.620. The number of aromatic nitrogens is 1. The molecule has 16 heavy (non-hydrogen) atoms. The molecule has 0 bridgehead atoms. The summed E-state index contributed by atoms with van der Waals surface area (Å²) in [6, 6.07) is 1.93. The van der Waals surface area contributed by atoms with Gasteiger partial charge in [-0.05, 0) is 34.5 Å². The fourth-order valence-corrected chi connectivity index (χ4v) is 2.44. The molecule has 0 aliphatic rings. The van der Waals surface area contributed by atoms with E-state index in [-0.39, 0.29) is 11.5 Å². The van der Waals surface area contributed by atoms with Crippen molar-refractivity contribution in [2.75, 3.05) is 23.4 Å². The molecule has 1 N–H and O–H groups in total. The lowest BCUT2D eigenvalue weighted by Crippen LogP contribution is -2.17. The summed E-state index contributed by atoms with van der Waals surface area (Å²) in [6.45, 7) is 3.98. The molecule has 1 heterocycles. The van der Waals surface area contributed by atoms with Crippen molar-refractivity contribution in [2.24, 2.45) is 0 Å². The molecular weight excluding hydrogens is 292 g/mol. The van der Waals surface area contributed by atoms with Gasteiger partial charge in [0.1, 0.15) is 5.82 Å². The van der Waals surface area contributed by atoms with Crippen LogP contribution < -0.4 is 5.32 Å². The van der Waals surface area contributed by atoms with Crippen LogP contribution in [0, 0.1) is 6.92 Å². The maximum atomic E-state index is 11.3. The first-order valence-corrected chi connectivity index (χ1v) is 7.62. The second kappa shape index (κ2) is 5.63. The number of pyridine rings is 1. The van der Waals surface area contributed by atoms with Gasteiger partial charge in [-0.3, -0.25) is 0 Å². The number of halogens is 1. The van der Waals surface area contributed by atoms with Gasteiger partial charge in [0.15, 0.2) is 9.84 Å². The fourth-order valence-electron chi connectivity index (χ4n) is 1.13. The maximum absolute atomic E-state index is 11.3. The molecule has 0 unspecified atom stereocenters. The maximum Gasteiger partial charge on any atom is 0.151 e. The molecule has 0 fully saturated rings. The van der Waals surface area contributed by atoms with Gasteiger partial charge < -0.3 is 5.32 Å². The van der Waals surface area contributed by atoms with Crippen molar-refractivity contribution in [1.82, 2.24) is 4.98 Å². The third kappa shape index (κ3) is 4.09. The van der Waals surface area contributed by atoms with Crippen molar-refractivity contribution in [3.63, 3.8) is 0 Å². The van der Waals surface area contributed by atoms with Gasteiger partial charge >= 0.3 is 0 Å². The zero-order valence-electron chi connectivity index (χ0n) is 9.33. The number of nitrogens with one attached hydrogen (secondary N) is 1. The quantitative estimate of drug-likeness (QED) is 0.904. The predicted octanol–water partition coefficient (Wildman–Crippen LogP) is 2.00. The van der Waals surface area contributed by atoms with E-state index in [2.05, 4.69) is 26.2 Å². The zero-order valence-corrected chi connectivity index (χ0v) is 11.7. The number of nitrogens with zero attached hydrogens (tertiary/aromatic N) is 1.